The molecule has 1 saturated heterocycles. The van der Waals surface area contributed by atoms with Crippen molar-refractivity contribution in [3.63, 3.8) is 0 Å². The van der Waals surface area contributed by atoms with Crippen molar-refractivity contribution < 1.29 is 27.4 Å². The number of nitrogens with zero attached hydrogens (tertiary/aromatic N) is 2. The maximum Gasteiger partial charge on any atom is 0.267 e. The van der Waals surface area contributed by atoms with E-state index in [9.17, 15) is 8.42 Å². The van der Waals surface area contributed by atoms with Crippen LogP contribution in [0.3, 0.4) is 0 Å². The summed E-state index contributed by atoms with van der Waals surface area (Å²) in [6.45, 7) is 3.03. The van der Waals surface area contributed by atoms with Gasteiger partial charge < -0.3 is 18.9 Å². The fourth-order valence-corrected chi connectivity index (χ4v) is 5.26. The third-order valence-corrected chi connectivity index (χ3v) is 7.22. The maximum absolute atomic E-state index is 13.0. The summed E-state index contributed by atoms with van der Waals surface area (Å²) in [6.07, 6.45) is 1.47. The highest BCUT2D eigenvalue weighted by Crippen LogP contribution is 2.35. The Morgan fingerprint density at radius 1 is 1.00 bits per heavy atom. The van der Waals surface area contributed by atoms with Crippen LogP contribution in [0.25, 0.3) is 0 Å². The van der Waals surface area contributed by atoms with E-state index in [4.69, 9.17) is 18.9 Å². The number of benzene rings is 2. The molecule has 2 aromatic carbocycles. The Bertz CT molecular complexity index is 1180. The molecule has 2 aliphatic rings. The zero-order chi connectivity index (χ0) is 22.0. The van der Waals surface area contributed by atoms with Gasteiger partial charge in [0.15, 0.2) is 11.5 Å². The van der Waals surface area contributed by atoms with Crippen molar-refractivity contribution in [2.75, 3.05) is 33.1 Å². The zero-order valence-electron chi connectivity index (χ0n) is 17.4. The van der Waals surface area contributed by atoms with E-state index >= 15 is 0 Å². The lowest BCUT2D eigenvalue weighted by atomic mass is 10.2. The Kier molecular flexibility index (Phi) is 5.77. The quantitative estimate of drug-likeness (QED) is 0.541. The first kappa shape index (κ1) is 20.9. The van der Waals surface area contributed by atoms with Crippen LogP contribution in [0.2, 0.25) is 0 Å². The first-order valence-corrected chi connectivity index (χ1v) is 11.9. The van der Waals surface area contributed by atoms with Crippen LogP contribution in [0.1, 0.15) is 5.69 Å². The van der Waals surface area contributed by atoms with Crippen LogP contribution in [0.5, 0.6) is 17.2 Å². The number of morpholine rings is 1. The lowest BCUT2D eigenvalue weighted by molar-refractivity contribution is -0.0507. The van der Waals surface area contributed by atoms with Crippen LogP contribution in [-0.2, 0) is 21.3 Å². The molecule has 0 spiro atoms. The SMILES string of the molecule is O=S(=O)(c1ccccc1)n1cccc1CN1CCOC(COc2ccc3c(c2)OCO3)C1. The van der Waals surface area contributed by atoms with Gasteiger partial charge in [-0.25, -0.2) is 12.4 Å². The van der Waals surface area contributed by atoms with Gasteiger partial charge in [-0.05, 0) is 36.4 Å². The standard InChI is InChI=1S/C23H24N2O6S/c26-32(27,21-6-2-1-3-7-21)25-10-4-5-18(25)14-24-11-12-28-20(15-24)16-29-19-8-9-22-23(13-19)31-17-30-22/h1-10,13,20H,11-12,14-17H2. The normalized spacial score (nSPS) is 18.6. The second-order valence-electron chi connectivity index (χ2n) is 7.67. The molecule has 1 aromatic heterocycles. The van der Waals surface area contributed by atoms with E-state index in [0.717, 1.165) is 6.54 Å². The molecule has 0 radical (unpaired) electrons. The van der Waals surface area contributed by atoms with E-state index in [1.165, 1.54) is 3.97 Å². The average Bonchev–Trinajstić information content (AvgIpc) is 3.48. The summed E-state index contributed by atoms with van der Waals surface area (Å²) in [7, 11) is -3.63. The number of hydrogen-bond acceptors (Lipinski definition) is 7. The van der Waals surface area contributed by atoms with Crippen molar-refractivity contribution in [3.05, 3.63) is 72.6 Å². The molecule has 8 nitrogen and oxygen atoms in total. The van der Waals surface area contributed by atoms with Gasteiger partial charge in [0.2, 0.25) is 6.79 Å². The van der Waals surface area contributed by atoms with Gasteiger partial charge in [0, 0.05) is 37.6 Å². The molecule has 1 fully saturated rings. The molecular formula is C23H24N2O6S. The van der Waals surface area contributed by atoms with Gasteiger partial charge in [-0.3, -0.25) is 4.90 Å². The second kappa shape index (κ2) is 8.85. The number of aromatic nitrogens is 1. The van der Waals surface area contributed by atoms with Gasteiger partial charge in [-0.2, -0.15) is 0 Å². The molecule has 2 aliphatic heterocycles. The Morgan fingerprint density at radius 2 is 1.84 bits per heavy atom. The number of ether oxygens (including phenoxy) is 4. The minimum Gasteiger partial charge on any atom is -0.491 e. The number of hydrogen-bond donors (Lipinski definition) is 0. The highest BCUT2D eigenvalue weighted by atomic mass is 32.2. The van der Waals surface area contributed by atoms with Crippen LogP contribution in [-0.4, -0.2) is 56.5 Å². The Labute approximate surface area is 186 Å². The first-order chi connectivity index (χ1) is 15.6. The van der Waals surface area contributed by atoms with E-state index in [-0.39, 0.29) is 17.8 Å². The molecule has 0 bridgehead atoms. The topological polar surface area (TPSA) is 79.2 Å². The van der Waals surface area contributed by atoms with Crippen LogP contribution in [0, 0.1) is 0 Å². The van der Waals surface area contributed by atoms with Crippen molar-refractivity contribution in [3.8, 4) is 17.2 Å². The fraction of sp³-hybridized carbons (Fsp3) is 0.304. The molecule has 32 heavy (non-hydrogen) atoms. The Morgan fingerprint density at radius 3 is 2.72 bits per heavy atom. The van der Waals surface area contributed by atoms with Crippen LogP contribution < -0.4 is 14.2 Å². The average molecular weight is 457 g/mol. The van der Waals surface area contributed by atoms with Crippen molar-refractivity contribution in [2.24, 2.45) is 0 Å². The predicted octanol–water partition coefficient (Wildman–Crippen LogP) is 2.73. The molecule has 3 heterocycles. The molecule has 9 heteroatoms. The molecule has 3 aromatic rings. The van der Waals surface area contributed by atoms with E-state index in [1.807, 2.05) is 24.3 Å². The summed E-state index contributed by atoms with van der Waals surface area (Å²) in [5, 5.41) is 0. The van der Waals surface area contributed by atoms with Crippen LogP contribution in [0.15, 0.2) is 71.8 Å². The minimum atomic E-state index is -3.63. The van der Waals surface area contributed by atoms with Gasteiger partial charge >= 0.3 is 0 Å². The van der Waals surface area contributed by atoms with Gasteiger partial charge in [0.05, 0.1) is 11.5 Å². The zero-order valence-corrected chi connectivity index (χ0v) is 18.2. The lowest BCUT2D eigenvalue weighted by Crippen LogP contribution is -2.44. The highest BCUT2D eigenvalue weighted by molar-refractivity contribution is 7.90. The monoisotopic (exact) mass is 456 g/mol. The number of fused-ring (bicyclic) bond motifs is 1. The smallest absolute Gasteiger partial charge is 0.267 e. The molecule has 168 valence electrons. The van der Waals surface area contributed by atoms with Crippen molar-refractivity contribution in [2.45, 2.75) is 17.5 Å². The molecular weight excluding hydrogens is 432 g/mol. The molecule has 0 saturated carbocycles. The van der Waals surface area contributed by atoms with Gasteiger partial charge in [0.1, 0.15) is 18.5 Å². The third-order valence-electron chi connectivity index (χ3n) is 5.48. The molecule has 5 rings (SSSR count). The summed E-state index contributed by atoms with van der Waals surface area (Å²) in [6, 6.07) is 17.5. The Hall–Kier alpha value is -3.01. The predicted molar refractivity (Wildman–Crippen MR) is 117 cm³/mol. The molecule has 0 amide bonds. The van der Waals surface area contributed by atoms with E-state index in [1.54, 1.807) is 42.6 Å². The summed E-state index contributed by atoms with van der Waals surface area (Å²) in [5.74, 6) is 2.08. The van der Waals surface area contributed by atoms with E-state index < -0.39 is 10.0 Å². The molecule has 0 N–H and O–H groups in total. The fourth-order valence-electron chi connectivity index (χ4n) is 3.87. The summed E-state index contributed by atoms with van der Waals surface area (Å²) >= 11 is 0. The Balaban J connectivity index is 1.22. The van der Waals surface area contributed by atoms with Crippen molar-refractivity contribution in [1.82, 2.24) is 8.87 Å². The number of rotatable bonds is 7. The molecule has 0 aliphatic carbocycles. The lowest BCUT2D eigenvalue weighted by Gasteiger charge is -2.32. The van der Waals surface area contributed by atoms with Gasteiger partial charge in [-0.15, -0.1) is 0 Å². The minimum absolute atomic E-state index is 0.122. The molecule has 1 atom stereocenters. The largest absolute Gasteiger partial charge is 0.491 e. The maximum atomic E-state index is 13.0. The van der Waals surface area contributed by atoms with Gasteiger partial charge in [-0.1, -0.05) is 18.2 Å². The molecule has 1 unspecified atom stereocenters. The van der Waals surface area contributed by atoms with Crippen LogP contribution in [0.4, 0.5) is 0 Å². The third kappa shape index (κ3) is 4.32. The van der Waals surface area contributed by atoms with E-state index in [2.05, 4.69) is 4.90 Å². The van der Waals surface area contributed by atoms with Gasteiger partial charge in [0.25, 0.3) is 10.0 Å². The van der Waals surface area contributed by atoms with Crippen LogP contribution >= 0.6 is 0 Å². The van der Waals surface area contributed by atoms with Crippen molar-refractivity contribution in [1.29, 1.82) is 0 Å². The second-order valence-corrected chi connectivity index (χ2v) is 9.48. The summed E-state index contributed by atoms with van der Waals surface area (Å²) < 4.78 is 49.9. The highest BCUT2D eigenvalue weighted by Gasteiger charge is 2.25. The van der Waals surface area contributed by atoms with E-state index in [0.29, 0.717) is 49.2 Å². The summed E-state index contributed by atoms with van der Waals surface area (Å²) in [5.41, 5.74) is 0.714. The van der Waals surface area contributed by atoms with Crippen molar-refractivity contribution >= 4 is 10.0 Å². The first-order valence-electron chi connectivity index (χ1n) is 10.4. The summed E-state index contributed by atoms with van der Waals surface area (Å²) in [4.78, 5) is 2.46.